The van der Waals surface area contributed by atoms with Crippen LogP contribution in [0.1, 0.15) is 51.3 Å². The number of allylic oxidation sites excluding steroid dienone is 4. The van der Waals surface area contributed by atoms with Crippen LogP contribution in [0.3, 0.4) is 0 Å². The molecule has 3 aromatic rings. The molecule has 3 aromatic carbocycles. The van der Waals surface area contributed by atoms with Gasteiger partial charge in [-0.2, -0.15) is 4.58 Å². The number of hydrogen-bond donors (Lipinski definition) is 0. The van der Waals surface area contributed by atoms with Crippen LogP contribution in [0, 0.1) is 0 Å². The van der Waals surface area contributed by atoms with Crippen LogP contribution in [-0.2, 0) is 17.3 Å². The summed E-state index contributed by atoms with van der Waals surface area (Å²) in [6, 6.07) is 20.2. The largest absolute Gasteiger partial charge is 0.347 e. The summed E-state index contributed by atoms with van der Waals surface area (Å²) in [5, 5.41) is 2.66. The molecule has 0 N–H and O–H groups in total. The van der Waals surface area contributed by atoms with Gasteiger partial charge in [-0.25, -0.2) is 0 Å². The summed E-state index contributed by atoms with van der Waals surface area (Å²) in [5.74, 6) is 0. The number of benzene rings is 3. The first-order valence-corrected chi connectivity index (χ1v) is 12.1. The van der Waals surface area contributed by atoms with Crippen molar-refractivity contribution >= 4 is 27.9 Å². The average Bonchev–Trinajstić information content (AvgIpc) is 3.12. The van der Waals surface area contributed by atoms with Gasteiger partial charge in [0.05, 0.1) is 5.41 Å². The van der Waals surface area contributed by atoms with Crippen LogP contribution in [0.2, 0.25) is 0 Å². The van der Waals surface area contributed by atoms with Gasteiger partial charge in [-0.15, -0.1) is 0 Å². The van der Waals surface area contributed by atoms with Crippen LogP contribution in [0.15, 0.2) is 78.5 Å². The summed E-state index contributed by atoms with van der Waals surface area (Å²) >= 11 is 0. The van der Waals surface area contributed by atoms with E-state index < -0.39 is 0 Å². The van der Waals surface area contributed by atoms with E-state index in [-0.39, 0.29) is 10.8 Å². The molecule has 0 saturated carbocycles. The maximum atomic E-state index is 2.39. The molecule has 0 aliphatic carbocycles. The number of fused-ring (bicyclic) bond motifs is 4. The molecule has 0 amide bonds. The van der Waals surface area contributed by atoms with E-state index in [1.54, 1.807) is 0 Å². The van der Waals surface area contributed by atoms with Gasteiger partial charge in [0, 0.05) is 41.6 Å². The second-order valence-electron chi connectivity index (χ2n) is 10.6. The minimum Gasteiger partial charge on any atom is -0.347 e. The highest BCUT2D eigenvalue weighted by Crippen LogP contribution is 2.47. The summed E-state index contributed by atoms with van der Waals surface area (Å²) < 4.78 is 2.36. The molecule has 2 aliphatic rings. The Hall–Kier alpha value is -3.13. The van der Waals surface area contributed by atoms with Crippen molar-refractivity contribution in [2.45, 2.75) is 51.9 Å². The Balaban J connectivity index is 1.53. The fraction of sp³-hybridized carbons (Fsp3) is 0.323. The molecule has 0 radical (unpaired) electrons. The van der Waals surface area contributed by atoms with E-state index in [1.165, 1.54) is 50.2 Å². The molecule has 0 unspecified atom stereocenters. The molecule has 2 heteroatoms. The van der Waals surface area contributed by atoms with Gasteiger partial charge >= 0.3 is 0 Å². The van der Waals surface area contributed by atoms with Gasteiger partial charge in [-0.05, 0) is 60.4 Å². The third-order valence-corrected chi connectivity index (χ3v) is 7.91. The number of hydrogen-bond acceptors (Lipinski definition) is 1. The Bertz CT molecular complexity index is 1360. The molecule has 168 valence electrons. The summed E-state index contributed by atoms with van der Waals surface area (Å²) in [6.45, 7) is 11.6. The van der Waals surface area contributed by atoms with Crippen molar-refractivity contribution in [3.05, 3.63) is 95.2 Å². The summed E-state index contributed by atoms with van der Waals surface area (Å²) in [6.07, 6.45) is 7.94. The maximum absolute atomic E-state index is 2.39. The van der Waals surface area contributed by atoms with Crippen molar-refractivity contribution in [2.75, 3.05) is 19.0 Å². The fourth-order valence-corrected chi connectivity index (χ4v) is 6.03. The fourth-order valence-electron chi connectivity index (χ4n) is 6.03. The van der Waals surface area contributed by atoms with Gasteiger partial charge in [0.2, 0.25) is 5.69 Å². The highest BCUT2D eigenvalue weighted by molar-refractivity contribution is 6.07. The number of anilines is 1. The topological polar surface area (TPSA) is 6.25 Å². The molecule has 0 atom stereocenters. The lowest BCUT2D eigenvalue weighted by Crippen LogP contribution is -2.27. The van der Waals surface area contributed by atoms with Crippen molar-refractivity contribution in [3.8, 4) is 0 Å². The van der Waals surface area contributed by atoms with E-state index in [9.17, 15) is 0 Å². The number of aryl methyl sites for hydroxylation is 1. The van der Waals surface area contributed by atoms with Gasteiger partial charge in [-0.3, -0.25) is 0 Å². The predicted octanol–water partition coefficient (Wildman–Crippen LogP) is 7.28. The minimum atomic E-state index is -0.0595. The van der Waals surface area contributed by atoms with Crippen LogP contribution in [0.5, 0.6) is 0 Å². The van der Waals surface area contributed by atoms with Gasteiger partial charge in [-0.1, -0.05) is 63.2 Å². The van der Waals surface area contributed by atoms with Crippen LogP contribution in [0.25, 0.3) is 10.8 Å². The van der Waals surface area contributed by atoms with Crippen molar-refractivity contribution < 1.29 is 4.58 Å². The maximum Gasteiger partial charge on any atom is 0.210 e. The standard InChI is InChI=1S/C31H35N2/c1-8-21-16-18-25-24(20-21)30(2,3)27(32(25)6)14-11-15-28-31(4,5)29-23-13-10-9-12-22(23)17-19-26(29)33(28)7/h9-20H,8H2,1-7H3/q+1. The lowest BCUT2D eigenvalue weighted by molar-refractivity contribution is -0.401. The van der Waals surface area contributed by atoms with Crippen LogP contribution < -0.4 is 4.90 Å². The summed E-state index contributed by atoms with van der Waals surface area (Å²) in [7, 11) is 4.39. The van der Waals surface area contributed by atoms with E-state index in [2.05, 4.69) is 131 Å². The lowest BCUT2D eigenvalue weighted by Gasteiger charge is -2.24. The quantitative estimate of drug-likeness (QED) is 0.392. The molecule has 2 aliphatic heterocycles. The monoisotopic (exact) mass is 435 g/mol. The molecular weight excluding hydrogens is 400 g/mol. The molecule has 0 spiro atoms. The zero-order valence-electron chi connectivity index (χ0n) is 21.0. The smallest absolute Gasteiger partial charge is 0.210 e. The Morgan fingerprint density at radius 2 is 1.70 bits per heavy atom. The molecular formula is C31H35N2+. The second kappa shape index (κ2) is 7.45. The van der Waals surface area contributed by atoms with Crippen molar-refractivity contribution in [1.82, 2.24) is 0 Å². The van der Waals surface area contributed by atoms with Gasteiger partial charge in [0.1, 0.15) is 7.05 Å². The van der Waals surface area contributed by atoms with Gasteiger partial charge in [0.15, 0.2) is 5.71 Å². The predicted molar refractivity (Wildman–Crippen MR) is 142 cm³/mol. The molecule has 2 heterocycles. The molecule has 0 aromatic heterocycles. The third-order valence-electron chi connectivity index (χ3n) is 7.91. The van der Waals surface area contributed by atoms with E-state index >= 15 is 0 Å². The zero-order valence-corrected chi connectivity index (χ0v) is 21.0. The molecule has 33 heavy (non-hydrogen) atoms. The summed E-state index contributed by atoms with van der Waals surface area (Å²) in [5.41, 5.74) is 9.48. The first-order valence-electron chi connectivity index (χ1n) is 12.1. The molecule has 0 bridgehead atoms. The number of likely N-dealkylation sites (N-methyl/N-ethyl adjacent to an activating group) is 1. The minimum absolute atomic E-state index is 0.0134. The molecule has 5 rings (SSSR count). The highest BCUT2D eigenvalue weighted by Gasteiger charge is 2.44. The Morgan fingerprint density at radius 3 is 2.45 bits per heavy atom. The van der Waals surface area contributed by atoms with E-state index in [4.69, 9.17) is 0 Å². The second-order valence-corrected chi connectivity index (χ2v) is 10.6. The highest BCUT2D eigenvalue weighted by atomic mass is 15.2. The van der Waals surface area contributed by atoms with Crippen LogP contribution in [0.4, 0.5) is 11.4 Å². The normalized spacial score (nSPS) is 19.7. The zero-order chi connectivity index (χ0) is 23.5. The van der Waals surface area contributed by atoms with E-state index in [0.717, 1.165) is 6.42 Å². The third kappa shape index (κ3) is 3.11. The molecule has 0 fully saturated rings. The Morgan fingerprint density at radius 1 is 0.939 bits per heavy atom. The molecule has 2 nitrogen and oxygen atoms in total. The Kier molecular flexibility index (Phi) is 4.90. The first kappa shape index (κ1) is 21.7. The van der Waals surface area contributed by atoms with Crippen LogP contribution in [-0.4, -0.2) is 24.4 Å². The Labute approximate surface area is 198 Å². The van der Waals surface area contributed by atoms with Crippen LogP contribution >= 0.6 is 0 Å². The van der Waals surface area contributed by atoms with Crippen molar-refractivity contribution in [2.24, 2.45) is 0 Å². The average molecular weight is 436 g/mol. The SMILES string of the molecule is CCc1ccc2c(c1)C(C)(C)C(=CC=CC1=[N+](C)c3ccc4ccccc4c3C1(C)C)N2C. The number of nitrogens with zero attached hydrogens (tertiary/aromatic N) is 2. The first-order chi connectivity index (χ1) is 15.7. The number of rotatable bonds is 3. The summed E-state index contributed by atoms with van der Waals surface area (Å²) in [4.78, 5) is 2.36. The molecule has 0 saturated heterocycles. The van der Waals surface area contributed by atoms with Crippen molar-refractivity contribution in [1.29, 1.82) is 0 Å². The van der Waals surface area contributed by atoms with Gasteiger partial charge in [0.25, 0.3) is 0 Å². The van der Waals surface area contributed by atoms with Gasteiger partial charge < -0.3 is 4.90 Å². The van der Waals surface area contributed by atoms with E-state index in [1.807, 2.05) is 0 Å². The lowest BCUT2D eigenvalue weighted by atomic mass is 9.79. The van der Waals surface area contributed by atoms with E-state index in [0.29, 0.717) is 0 Å². The van der Waals surface area contributed by atoms with Crippen molar-refractivity contribution in [3.63, 3.8) is 0 Å².